The molecule has 0 aromatic carbocycles. The molecule has 0 aromatic heterocycles. The molecule has 1 heterocycles. The molecule has 1 aliphatic carbocycles. The van der Waals surface area contributed by atoms with Gasteiger partial charge < -0.3 is 10.1 Å². The third-order valence-electron chi connectivity index (χ3n) is 5.00. The maximum atomic E-state index is 12.1. The molecule has 2 aliphatic rings. The van der Waals surface area contributed by atoms with Crippen molar-refractivity contribution in [3.63, 3.8) is 0 Å². The van der Waals surface area contributed by atoms with Gasteiger partial charge in [0.2, 0.25) is 5.91 Å². The van der Waals surface area contributed by atoms with Gasteiger partial charge in [-0.1, -0.05) is 20.8 Å². The molecule has 1 saturated heterocycles. The van der Waals surface area contributed by atoms with Crippen molar-refractivity contribution in [1.29, 1.82) is 0 Å². The van der Waals surface area contributed by atoms with Crippen LogP contribution in [0.3, 0.4) is 0 Å². The highest BCUT2D eigenvalue weighted by Gasteiger charge is 2.56. The van der Waals surface area contributed by atoms with Gasteiger partial charge in [-0.3, -0.25) is 4.79 Å². The lowest BCUT2D eigenvalue weighted by molar-refractivity contribution is -0.151. The van der Waals surface area contributed by atoms with Gasteiger partial charge in [0.05, 0.1) is 6.61 Å². The number of carbonyl (C=O) groups is 2. The van der Waals surface area contributed by atoms with Crippen molar-refractivity contribution in [3.05, 3.63) is 0 Å². The molecular weight excluding hydrogens is 242 g/mol. The van der Waals surface area contributed by atoms with Gasteiger partial charge >= 0.3 is 5.97 Å². The molecule has 3 unspecified atom stereocenters. The minimum absolute atomic E-state index is 0.00962. The Morgan fingerprint density at radius 2 is 2.11 bits per heavy atom. The van der Waals surface area contributed by atoms with Crippen LogP contribution < -0.4 is 5.32 Å². The lowest BCUT2D eigenvalue weighted by Gasteiger charge is -2.47. The number of carbonyl (C=O) groups excluding carboxylic acids is 2. The van der Waals surface area contributed by atoms with E-state index < -0.39 is 6.04 Å². The standard InChI is InChI=1S/C15H25NO3/c1-5-19-13(18)12-15(9-11(17)16-12)7-6-14(3,4)8-10(15)2/h10,12H,5-9H2,1-4H3,(H,16,17). The Morgan fingerprint density at radius 3 is 2.68 bits per heavy atom. The van der Waals surface area contributed by atoms with Crippen LogP contribution in [0.15, 0.2) is 0 Å². The van der Waals surface area contributed by atoms with Gasteiger partial charge in [-0.2, -0.15) is 0 Å². The van der Waals surface area contributed by atoms with E-state index in [1.807, 2.05) is 0 Å². The Bertz CT molecular complexity index is 391. The number of rotatable bonds is 2. The fourth-order valence-electron chi connectivity index (χ4n) is 3.92. The van der Waals surface area contributed by atoms with Crippen LogP contribution in [0.2, 0.25) is 0 Å². The number of hydrogen-bond donors (Lipinski definition) is 1. The zero-order chi connectivity index (χ0) is 14.3. The Balaban J connectivity index is 2.24. The van der Waals surface area contributed by atoms with Crippen LogP contribution in [-0.4, -0.2) is 24.5 Å². The first-order valence-electron chi connectivity index (χ1n) is 7.27. The van der Waals surface area contributed by atoms with Crippen LogP contribution in [-0.2, 0) is 14.3 Å². The third kappa shape index (κ3) is 2.49. The number of nitrogens with one attached hydrogen (secondary N) is 1. The molecule has 1 spiro atoms. The smallest absolute Gasteiger partial charge is 0.329 e. The number of hydrogen-bond acceptors (Lipinski definition) is 3. The first-order chi connectivity index (χ1) is 8.81. The minimum atomic E-state index is -0.453. The zero-order valence-electron chi connectivity index (χ0n) is 12.4. The molecule has 2 rings (SSSR count). The quantitative estimate of drug-likeness (QED) is 0.781. The van der Waals surface area contributed by atoms with Gasteiger partial charge in [0.15, 0.2) is 0 Å². The third-order valence-corrected chi connectivity index (χ3v) is 5.00. The van der Waals surface area contributed by atoms with E-state index in [1.54, 1.807) is 6.92 Å². The average Bonchev–Trinajstić information content (AvgIpc) is 2.63. The van der Waals surface area contributed by atoms with E-state index in [1.165, 1.54) is 0 Å². The fourth-order valence-corrected chi connectivity index (χ4v) is 3.92. The van der Waals surface area contributed by atoms with Crippen LogP contribution in [0.4, 0.5) is 0 Å². The fraction of sp³-hybridized carbons (Fsp3) is 0.867. The summed E-state index contributed by atoms with van der Waals surface area (Å²) >= 11 is 0. The molecule has 19 heavy (non-hydrogen) atoms. The van der Waals surface area contributed by atoms with E-state index in [2.05, 4.69) is 26.1 Å². The maximum absolute atomic E-state index is 12.1. The summed E-state index contributed by atoms with van der Waals surface area (Å²) in [7, 11) is 0. The molecule has 1 N–H and O–H groups in total. The zero-order valence-corrected chi connectivity index (χ0v) is 12.4. The molecule has 0 bridgehead atoms. The molecule has 4 heteroatoms. The number of esters is 1. The van der Waals surface area contributed by atoms with Crippen LogP contribution in [0, 0.1) is 16.7 Å². The van der Waals surface area contributed by atoms with Crippen molar-refractivity contribution >= 4 is 11.9 Å². The normalized spacial score (nSPS) is 37.2. The molecule has 3 atom stereocenters. The molecule has 4 nitrogen and oxygen atoms in total. The topological polar surface area (TPSA) is 55.4 Å². The second kappa shape index (κ2) is 4.80. The van der Waals surface area contributed by atoms with E-state index in [0.29, 0.717) is 24.4 Å². The van der Waals surface area contributed by atoms with Crippen LogP contribution in [0.5, 0.6) is 0 Å². The van der Waals surface area contributed by atoms with Gasteiger partial charge in [0.1, 0.15) is 6.04 Å². The molecule has 2 fully saturated rings. The van der Waals surface area contributed by atoms with Gasteiger partial charge in [-0.25, -0.2) is 4.79 Å². The van der Waals surface area contributed by atoms with E-state index >= 15 is 0 Å². The molecule has 108 valence electrons. The molecule has 1 saturated carbocycles. The summed E-state index contributed by atoms with van der Waals surface area (Å²) in [5, 5.41) is 2.84. The molecule has 0 radical (unpaired) electrons. The summed E-state index contributed by atoms with van der Waals surface area (Å²) in [6.07, 6.45) is 3.50. The Hall–Kier alpha value is -1.06. The maximum Gasteiger partial charge on any atom is 0.329 e. The summed E-state index contributed by atoms with van der Waals surface area (Å²) < 4.78 is 5.15. The van der Waals surface area contributed by atoms with Gasteiger partial charge in [0.25, 0.3) is 0 Å². The van der Waals surface area contributed by atoms with Crippen molar-refractivity contribution in [1.82, 2.24) is 5.32 Å². The highest BCUT2D eigenvalue weighted by Crippen LogP contribution is 2.54. The van der Waals surface area contributed by atoms with E-state index in [-0.39, 0.29) is 17.3 Å². The van der Waals surface area contributed by atoms with Gasteiger partial charge in [-0.05, 0) is 37.5 Å². The number of amides is 1. The Morgan fingerprint density at radius 1 is 1.42 bits per heavy atom. The van der Waals surface area contributed by atoms with Crippen molar-refractivity contribution in [2.75, 3.05) is 6.61 Å². The van der Waals surface area contributed by atoms with E-state index in [4.69, 9.17) is 4.74 Å². The van der Waals surface area contributed by atoms with Crippen molar-refractivity contribution in [2.24, 2.45) is 16.7 Å². The van der Waals surface area contributed by atoms with E-state index in [9.17, 15) is 9.59 Å². The summed E-state index contributed by atoms with van der Waals surface area (Å²) in [6, 6.07) is -0.453. The summed E-state index contributed by atoms with van der Waals surface area (Å²) in [4.78, 5) is 24.0. The summed E-state index contributed by atoms with van der Waals surface area (Å²) in [5.74, 6) is 0.0779. The first-order valence-corrected chi connectivity index (χ1v) is 7.27. The average molecular weight is 267 g/mol. The van der Waals surface area contributed by atoms with Crippen molar-refractivity contribution in [3.8, 4) is 0 Å². The van der Waals surface area contributed by atoms with Crippen molar-refractivity contribution in [2.45, 2.75) is 59.4 Å². The summed E-state index contributed by atoms with van der Waals surface area (Å²) in [5.41, 5.74) is 0.0639. The van der Waals surface area contributed by atoms with Crippen LogP contribution in [0.1, 0.15) is 53.4 Å². The molecule has 1 amide bonds. The Kier molecular flexibility index (Phi) is 3.63. The lowest BCUT2D eigenvalue weighted by atomic mass is 9.56. The van der Waals surface area contributed by atoms with Gasteiger partial charge in [0, 0.05) is 11.8 Å². The van der Waals surface area contributed by atoms with E-state index in [0.717, 1.165) is 19.3 Å². The molecule has 0 aromatic rings. The lowest BCUT2D eigenvalue weighted by Crippen LogP contribution is -2.51. The largest absolute Gasteiger partial charge is 0.464 e. The highest BCUT2D eigenvalue weighted by atomic mass is 16.5. The summed E-state index contributed by atoms with van der Waals surface area (Å²) in [6.45, 7) is 8.86. The number of ether oxygens (including phenoxy) is 1. The predicted octanol–water partition coefficient (Wildman–Crippen LogP) is 2.27. The molecule has 1 aliphatic heterocycles. The van der Waals surface area contributed by atoms with Crippen LogP contribution in [0.25, 0.3) is 0 Å². The van der Waals surface area contributed by atoms with Gasteiger partial charge in [-0.15, -0.1) is 0 Å². The SMILES string of the molecule is CCOC(=O)C1NC(=O)CC12CCC(C)(C)CC2C. The van der Waals surface area contributed by atoms with Crippen molar-refractivity contribution < 1.29 is 14.3 Å². The minimum Gasteiger partial charge on any atom is -0.464 e. The highest BCUT2D eigenvalue weighted by molar-refractivity contribution is 5.90. The predicted molar refractivity (Wildman–Crippen MR) is 72.4 cm³/mol. The monoisotopic (exact) mass is 267 g/mol. The first kappa shape index (κ1) is 14.4. The van der Waals surface area contributed by atoms with Crippen LogP contribution >= 0.6 is 0 Å². The second-order valence-electron chi connectivity index (χ2n) is 6.93. The Labute approximate surface area is 115 Å². The second-order valence-corrected chi connectivity index (χ2v) is 6.93. The molecular formula is C15H25NO3.